The first kappa shape index (κ1) is 10.9. The molecule has 0 aliphatic carbocycles. The molecule has 0 radical (unpaired) electrons. The summed E-state index contributed by atoms with van der Waals surface area (Å²) in [6, 6.07) is 0. The van der Waals surface area contributed by atoms with Crippen LogP contribution in [-0.4, -0.2) is 38.7 Å². The molecular formula is C11H16N4O. The van der Waals surface area contributed by atoms with Gasteiger partial charge in [0.1, 0.15) is 12.7 Å². The molecule has 1 aromatic heterocycles. The van der Waals surface area contributed by atoms with Crippen LogP contribution in [0.2, 0.25) is 0 Å². The number of carbonyl (C=O) groups is 1. The monoisotopic (exact) mass is 220 g/mol. The Bertz CT molecular complexity index is 352. The standard InChI is InChI=1S/C11H16N4O/c1-2-11(16)14-5-3-10(4-6-14)7-15-9-12-8-13-15/h2,8-10H,1,3-7H2. The minimum absolute atomic E-state index is 0.0409. The highest BCUT2D eigenvalue weighted by molar-refractivity contribution is 5.87. The molecule has 1 aliphatic rings. The Morgan fingerprint density at radius 1 is 1.50 bits per heavy atom. The second kappa shape index (κ2) is 4.92. The smallest absolute Gasteiger partial charge is 0.245 e. The van der Waals surface area contributed by atoms with Gasteiger partial charge in [0.05, 0.1) is 0 Å². The van der Waals surface area contributed by atoms with Gasteiger partial charge in [-0.25, -0.2) is 4.98 Å². The molecule has 2 rings (SSSR count). The molecule has 0 saturated carbocycles. The average molecular weight is 220 g/mol. The van der Waals surface area contributed by atoms with Gasteiger partial charge in [-0.3, -0.25) is 9.48 Å². The molecule has 1 fully saturated rings. The van der Waals surface area contributed by atoms with Crippen molar-refractivity contribution in [2.45, 2.75) is 19.4 Å². The largest absolute Gasteiger partial charge is 0.339 e. The molecule has 0 spiro atoms. The zero-order valence-electron chi connectivity index (χ0n) is 9.25. The summed E-state index contributed by atoms with van der Waals surface area (Å²) in [7, 11) is 0. The van der Waals surface area contributed by atoms with Crippen molar-refractivity contribution >= 4 is 5.91 Å². The normalized spacial score (nSPS) is 17.4. The van der Waals surface area contributed by atoms with Gasteiger partial charge in [0, 0.05) is 19.6 Å². The van der Waals surface area contributed by atoms with Crippen molar-refractivity contribution in [3.8, 4) is 0 Å². The summed E-state index contributed by atoms with van der Waals surface area (Å²) in [5.74, 6) is 0.634. The third-order valence-electron chi connectivity index (χ3n) is 3.01. The fourth-order valence-electron chi connectivity index (χ4n) is 2.06. The first-order valence-corrected chi connectivity index (χ1v) is 5.53. The molecule has 0 atom stereocenters. The van der Waals surface area contributed by atoms with E-state index in [1.54, 1.807) is 12.7 Å². The highest BCUT2D eigenvalue weighted by Gasteiger charge is 2.21. The van der Waals surface area contributed by atoms with E-state index in [9.17, 15) is 4.79 Å². The molecule has 1 aliphatic heterocycles. The number of rotatable bonds is 3. The van der Waals surface area contributed by atoms with E-state index in [4.69, 9.17) is 0 Å². The summed E-state index contributed by atoms with van der Waals surface area (Å²) in [5, 5.41) is 4.09. The predicted molar refractivity (Wildman–Crippen MR) is 59.5 cm³/mol. The zero-order chi connectivity index (χ0) is 11.4. The predicted octanol–water partition coefficient (Wildman–Crippen LogP) is 0.703. The van der Waals surface area contributed by atoms with Crippen molar-refractivity contribution in [1.29, 1.82) is 0 Å². The van der Waals surface area contributed by atoms with E-state index in [1.165, 1.54) is 6.08 Å². The Labute approximate surface area is 94.8 Å². The lowest BCUT2D eigenvalue weighted by molar-refractivity contribution is -0.127. The van der Waals surface area contributed by atoms with Crippen molar-refractivity contribution in [2.75, 3.05) is 13.1 Å². The van der Waals surface area contributed by atoms with Crippen LogP contribution < -0.4 is 0 Å². The molecular weight excluding hydrogens is 204 g/mol. The number of hydrogen-bond acceptors (Lipinski definition) is 3. The highest BCUT2D eigenvalue weighted by Crippen LogP contribution is 2.18. The van der Waals surface area contributed by atoms with Crippen LogP contribution in [0, 0.1) is 5.92 Å². The number of nitrogens with zero attached hydrogens (tertiary/aromatic N) is 4. The summed E-state index contributed by atoms with van der Waals surface area (Å²) < 4.78 is 1.86. The van der Waals surface area contributed by atoms with Crippen molar-refractivity contribution < 1.29 is 4.79 Å². The molecule has 16 heavy (non-hydrogen) atoms. The van der Waals surface area contributed by atoms with Crippen LogP contribution >= 0.6 is 0 Å². The van der Waals surface area contributed by atoms with E-state index < -0.39 is 0 Å². The van der Waals surface area contributed by atoms with Gasteiger partial charge < -0.3 is 4.90 Å². The topological polar surface area (TPSA) is 51.0 Å². The molecule has 0 N–H and O–H groups in total. The Kier molecular flexibility index (Phi) is 3.34. The van der Waals surface area contributed by atoms with Gasteiger partial charge in [-0.05, 0) is 24.8 Å². The van der Waals surface area contributed by atoms with Gasteiger partial charge in [-0.1, -0.05) is 6.58 Å². The van der Waals surface area contributed by atoms with Crippen LogP contribution in [0.3, 0.4) is 0 Å². The molecule has 0 aromatic carbocycles. The van der Waals surface area contributed by atoms with Crippen LogP contribution in [-0.2, 0) is 11.3 Å². The SMILES string of the molecule is C=CC(=O)N1CCC(Cn2cncn2)CC1. The molecule has 0 bridgehead atoms. The van der Waals surface area contributed by atoms with Gasteiger partial charge in [-0.2, -0.15) is 5.10 Å². The van der Waals surface area contributed by atoms with E-state index in [2.05, 4.69) is 16.7 Å². The first-order valence-electron chi connectivity index (χ1n) is 5.53. The maximum absolute atomic E-state index is 11.4. The van der Waals surface area contributed by atoms with Crippen LogP contribution in [0.15, 0.2) is 25.3 Å². The second-order valence-electron chi connectivity index (χ2n) is 4.09. The van der Waals surface area contributed by atoms with Crippen LogP contribution in [0.5, 0.6) is 0 Å². The highest BCUT2D eigenvalue weighted by atomic mass is 16.2. The van der Waals surface area contributed by atoms with Crippen molar-refractivity contribution in [2.24, 2.45) is 5.92 Å². The summed E-state index contributed by atoms with van der Waals surface area (Å²) in [6.07, 6.45) is 6.73. The maximum atomic E-state index is 11.4. The summed E-state index contributed by atoms with van der Waals surface area (Å²) >= 11 is 0. The van der Waals surface area contributed by atoms with Crippen molar-refractivity contribution in [3.05, 3.63) is 25.3 Å². The maximum Gasteiger partial charge on any atom is 0.245 e. The molecule has 5 heteroatoms. The molecule has 5 nitrogen and oxygen atoms in total. The van der Waals surface area contributed by atoms with E-state index in [1.807, 2.05) is 9.58 Å². The Balaban J connectivity index is 1.81. The number of aromatic nitrogens is 3. The number of amides is 1. The zero-order valence-corrected chi connectivity index (χ0v) is 9.25. The molecule has 1 amide bonds. The fourth-order valence-corrected chi connectivity index (χ4v) is 2.06. The average Bonchev–Trinajstić information content (AvgIpc) is 2.82. The lowest BCUT2D eigenvalue weighted by Gasteiger charge is -2.31. The fraction of sp³-hybridized carbons (Fsp3) is 0.545. The van der Waals surface area contributed by atoms with E-state index in [0.717, 1.165) is 32.5 Å². The minimum Gasteiger partial charge on any atom is -0.339 e. The number of likely N-dealkylation sites (tertiary alicyclic amines) is 1. The first-order chi connectivity index (χ1) is 7.79. The van der Waals surface area contributed by atoms with Gasteiger partial charge in [-0.15, -0.1) is 0 Å². The summed E-state index contributed by atoms with van der Waals surface area (Å²) in [5.41, 5.74) is 0. The van der Waals surface area contributed by atoms with Gasteiger partial charge in [0.15, 0.2) is 0 Å². The number of piperidine rings is 1. The quantitative estimate of drug-likeness (QED) is 0.705. The molecule has 0 unspecified atom stereocenters. The van der Waals surface area contributed by atoms with E-state index in [-0.39, 0.29) is 5.91 Å². The minimum atomic E-state index is 0.0409. The van der Waals surface area contributed by atoms with E-state index in [0.29, 0.717) is 5.92 Å². The Hall–Kier alpha value is -1.65. The third kappa shape index (κ3) is 2.48. The lowest BCUT2D eigenvalue weighted by atomic mass is 9.97. The lowest BCUT2D eigenvalue weighted by Crippen LogP contribution is -2.38. The van der Waals surface area contributed by atoms with Gasteiger partial charge >= 0.3 is 0 Å². The third-order valence-corrected chi connectivity index (χ3v) is 3.01. The molecule has 86 valence electrons. The number of carbonyl (C=O) groups excluding carboxylic acids is 1. The van der Waals surface area contributed by atoms with Crippen LogP contribution in [0.1, 0.15) is 12.8 Å². The van der Waals surface area contributed by atoms with Crippen molar-refractivity contribution in [1.82, 2.24) is 19.7 Å². The summed E-state index contributed by atoms with van der Waals surface area (Å²) in [6.45, 7) is 6.05. The van der Waals surface area contributed by atoms with Crippen LogP contribution in [0.25, 0.3) is 0 Å². The molecule has 2 heterocycles. The van der Waals surface area contributed by atoms with Gasteiger partial charge in [0.2, 0.25) is 5.91 Å². The van der Waals surface area contributed by atoms with Gasteiger partial charge in [0.25, 0.3) is 0 Å². The summed E-state index contributed by atoms with van der Waals surface area (Å²) in [4.78, 5) is 17.1. The van der Waals surface area contributed by atoms with Crippen molar-refractivity contribution in [3.63, 3.8) is 0 Å². The Morgan fingerprint density at radius 2 is 2.25 bits per heavy atom. The Morgan fingerprint density at radius 3 is 2.81 bits per heavy atom. The number of hydrogen-bond donors (Lipinski definition) is 0. The van der Waals surface area contributed by atoms with Crippen LogP contribution in [0.4, 0.5) is 0 Å². The second-order valence-corrected chi connectivity index (χ2v) is 4.09. The molecule has 1 aromatic rings. The molecule has 1 saturated heterocycles. The van der Waals surface area contributed by atoms with E-state index >= 15 is 0 Å².